The molecule has 1 aromatic rings. The normalized spacial score (nSPS) is 12.0. The Bertz CT molecular complexity index is 476. The lowest BCUT2D eigenvalue weighted by Gasteiger charge is -2.10. The number of hydrogen-bond acceptors (Lipinski definition) is 5. The van der Waals surface area contributed by atoms with E-state index in [1.165, 1.54) is 24.6 Å². The fourth-order valence-corrected chi connectivity index (χ4v) is 2.47. The zero-order valence-electron chi connectivity index (χ0n) is 13.5. The highest BCUT2D eigenvalue weighted by Gasteiger charge is 2.16. The van der Waals surface area contributed by atoms with Gasteiger partial charge in [0.15, 0.2) is 5.82 Å². The Hall–Kier alpha value is -1.50. The van der Waals surface area contributed by atoms with E-state index in [1.54, 1.807) is 19.9 Å². The maximum atomic E-state index is 11.9. The fraction of sp³-hybridized carbons (Fsp3) is 0.667. The van der Waals surface area contributed by atoms with Crippen LogP contribution in [0.4, 0.5) is 5.82 Å². The van der Waals surface area contributed by atoms with E-state index in [4.69, 9.17) is 4.52 Å². The second-order valence-electron chi connectivity index (χ2n) is 5.18. The van der Waals surface area contributed by atoms with Crippen LogP contribution in [0.3, 0.4) is 0 Å². The van der Waals surface area contributed by atoms with Crippen LogP contribution in [0, 0.1) is 6.92 Å². The number of aryl methyl sites for hydroxylation is 1. The van der Waals surface area contributed by atoms with Crippen molar-refractivity contribution in [2.24, 2.45) is 0 Å². The molecule has 1 heterocycles. The van der Waals surface area contributed by atoms with Gasteiger partial charge in [0.1, 0.15) is 5.76 Å². The lowest BCUT2D eigenvalue weighted by molar-refractivity contribution is -0.118. The van der Waals surface area contributed by atoms with Crippen LogP contribution in [0.5, 0.6) is 0 Å². The summed E-state index contributed by atoms with van der Waals surface area (Å²) in [5, 5.41) is 8.90. The molecule has 0 fully saturated rings. The van der Waals surface area contributed by atoms with Crippen LogP contribution in [0.1, 0.15) is 45.3 Å². The molecule has 0 aliphatic carbocycles. The van der Waals surface area contributed by atoms with Crippen LogP contribution in [0.15, 0.2) is 10.6 Å². The summed E-state index contributed by atoms with van der Waals surface area (Å²) in [6.45, 7) is 6.38. The van der Waals surface area contributed by atoms with Crippen molar-refractivity contribution in [3.63, 3.8) is 0 Å². The average Bonchev–Trinajstić information content (AvgIpc) is 2.89. The highest BCUT2D eigenvalue weighted by Crippen LogP contribution is 2.14. The molecule has 2 N–H and O–H groups in total. The Kier molecular flexibility index (Phi) is 8.65. The third-order valence-corrected chi connectivity index (χ3v) is 4.21. The Balaban J connectivity index is 2.17. The third-order valence-electron chi connectivity index (χ3n) is 3.07. The first-order chi connectivity index (χ1) is 10.5. The molecule has 0 aliphatic rings. The summed E-state index contributed by atoms with van der Waals surface area (Å²) in [5.41, 5.74) is 0. The number of hydrogen-bond donors (Lipinski definition) is 2. The molecule has 0 saturated carbocycles. The van der Waals surface area contributed by atoms with Crippen molar-refractivity contribution < 1.29 is 14.1 Å². The van der Waals surface area contributed by atoms with Crippen molar-refractivity contribution in [2.75, 3.05) is 17.6 Å². The van der Waals surface area contributed by atoms with E-state index in [0.29, 0.717) is 18.1 Å². The monoisotopic (exact) mass is 327 g/mol. The van der Waals surface area contributed by atoms with Crippen molar-refractivity contribution in [3.8, 4) is 0 Å². The topological polar surface area (TPSA) is 84.2 Å². The average molecular weight is 327 g/mol. The van der Waals surface area contributed by atoms with Crippen LogP contribution in [0.25, 0.3) is 0 Å². The molecule has 0 radical (unpaired) electrons. The molecule has 7 heteroatoms. The van der Waals surface area contributed by atoms with Gasteiger partial charge in [0.25, 0.3) is 0 Å². The Morgan fingerprint density at radius 1 is 1.36 bits per heavy atom. The van der Waals surface area contributed by atoms with Gasteiger partial charge in [-0.25, -0.2) is 0 Å². The number of aromatic nitrogens is 1. The summed E-state index contributed by atoms with van der Waals surface area (Å²) in [5.74, 6) is 1.10. The van der Waals surface area contributed by atoms with E-state index >= 15 is 0 Å². The lowest BCUT2D eigenvalue weighted by Crippen LogP contribution is -2.29. The maximum Gasteiger partial charge on any atom is 0.238 e. The molecule has 124 valence electrons. The minimum atomic E-state index is -0.331. The molecular formula is C15H25N3O3S. The SMILES string of the molecule is CCCCCCNC(=O)CS[C@H](C)C(=O)Nc1cc(C)on1. The highest BCUT2D eigenvalue weighted by atomic mass is 32.2. The molecule has 0 bridgehead atoms. The number of nitrogens with zero attached hydrogens (tertiary/aromatic N) is 1. The van der Waals surface area contributed by atoms with Crippen LogP contribution in [-0.4, -0.2) is 34.5 Å². The van der Waals surface area contributed by atoms with Gasteiger partial charge in [0.2, 0.25) is 11.8 Å². The third kappa shape index (κ3) is 7.49. The summed E-state index contributed by atoms with van der Waals surface area (Å²) >= 11 is 1.30. The van der Waals surface area contributed by atoms with Gasteiger partial charge in [0, 0.05) is 12.6 Å². The predicted molar refractivity (Wildman–Crippen MR) is 88.9 cm³/mol. The van der Waals surface area contributed by atoms with E-state index in [9.17, 15) is 9.59 Å². The van der Waals surface area contributed by atoms with Crippen molar-refractivity contribution in [1.82, 2.24) is 10.5 Å². The Labute approximate surface area is 135 Å². The number of carbonyl (C=O) groups is 2. The maximum absolute atomic E-state index is 11.9. The lowest BCUT2D eigenvalue weighted by atomic mass is 10.2. The number of carbonyl (C=O) groups excluding carboxylic acids is 2. The molecule has 0 saturated heterocycles. The minimum Gasteiger partial charge on any atom is -0.360 e. The number of unbranched alkanes of at least 4 members (excludes halogenated alkanes) is 3. The van der Waals surface area contributed by atoms with Crippen molar-refractivity contribution in [3.05, 3.63) is 11.8 Å². The molecule has 22 heavy (non-hydrogen) atoms. The van der Waals surface area contributed by atoms with Crippen LogP contribution in [0.2, 0.25) is 0 Å². The Morgan fingerprint density at radius 3 is 2.77 bits per heavy atom. The molecule has 1 atom stereocenters. The molecular weight excluding hydrogens is 302 g/mol. The van der Waals surface area contributed by atoms with Gasteiger partial charge in [-0.15, -0.1) is 11.8 Å². The summed E-state index contributed by atoms with van der Waals surface area (Å²) in [6, 6.07) is 1.65. The quantitative estimate of drug-likeness (QED) is 0.646. The van der Waals surface area contributed by atoms with E-state index in [2.05, 4.69) is 22.7 Å². The molecule has 6 nitrogen and oxygen atoms in total. The van der Waals surface area contributed by atoms with Crippen LogP contribution >= 0.6 is 11.8 Å². The van der Waals surface area contributed by atoms with E-state index in [-0.39, 0.29) is 22.8 Å². The zero-order valence-corrected chi connectivity index (χ0v) is 14.3. The van der Waals surface area contributed by atoms with Gasteiger partial charge < -0.3 is 15.2 Å². The first-order valence-electron chi connectivity index (χ1n) is 7.65. The molecule has 1 aromatic heterocycles. The van der Waals surface area contributed by atoms with Crippen LogP contribution < -0.4 is 10.6 Å². The van der Waals surface area contributed by atoms with Crippen molar-refractivity contribution in [1.29, 1.82) is 0 Å². The summed E-state index contributed by atoms with van der Waals surface area (Å²) in [6.07, 6.45) is 4.52. The van der Waals surface area contributed by atoms with Crippen molar-refractivity contribution >= 4 is 29.4 Å². The van der Waals surface area contributed by atoms with E-state index in [1.807, 2.05) is 0 Å². The number of rotatable bonds is 10. The summed E-state index contributed by atoms with van der Waals surface area (Å²) < 4.78 is 4.88. The standard InChI is InChI=1S/C15H25N3O3S/c1-4-5-6-7-8-16-14(19)10-22-12(3)15(20)17-13-9-11(2)21-18-13/h9,12H,4-8,10H2,1-3H3,(H,16,19)(H,17,18,20)/t12-/m1/s1. The summed E-state index contributed by atoms with van der Waals surface area (Å²) in [4.78, 5) is 23.6. The van der Waals surface area contributed by atoms with Crippen LogP contribution in [-0.2, 0) is 9.59 Å². The number of amides is 2. The minimum absolute atomic E-state index is 0.0292. The van der Waals surface area contributed by atoms with Gasteiger partial charge in [-0.3, -0.25) is 9.59 Å². The number of nitrogens with one attached hydrogen (secondary N) is 2. The Morgan fingerprint density at radius 2 is 2.14 bits per heavy atom. The number of anilines is 1. The molecule has 0 aliphatic heterocycles. The van der Waals surface area contributed by atoms with Gasteiger partial charge in [-0.05, 0) is 20.3 Å². The smallest absolute Gasteiger partial charge is 0.238 e. The largest absolute Gasteiger partial charge is 0.360 e. The summed E-state index contributed by atoms with van der Waals surface area (Å²) in [7, 11) is 0. The van der Waals surface area contributed by atoms with Gasteiger partial charge in [0.05, 0.1) is 11.0 Å². The van der Waals surface area contributed by atoms with E-state index < -0.39 is 0 Å². The molecule has 0 spiro atoms. The second-order valence-corrected chi connectivity index (χ2v) is 6.51. The highest BCUT2D eigenvalue weighted by molar-refractivity contribution is 8.01. The number of thioether (sulfide) groups is 1. The van der Waals surface area contributed by atoms with Crippen molar-refractivity contribution in [2.45, 2.75) is 51.7 Å². The first-order valence-corrected chi connectivity index (χ1v) is 8.70. The predicted octanol–water partition coefficient (Wildman–Crippen LogP) is 2.74. The van der Waals surface area contributed by atoms with Gasteiger partial charge >= 0.3 is 0 Å². The fourth-order valence-electron chi connectivity index (χ4n) is 1.76. The molecule has 0 aromatic carbocycles. The zero-order chi connectivity index (χ0) is 16.4. The second kappa shape index (κ2) is 10.3. The molecule has 0 unspecified atom stereocenters. The van der Waals surface area contributed by atoms with Gasteiger partial charge in [-0.2, -0.15) is 0 Å². The van der Waals surface area contributed by atoms with E-state index in [0.717, 1.165) is 12.8 Å². The van der Waals surface area contributed by atoms with Gasteiger partial charge in [-0.1, -0.05) is 31.3 Å². The first kappa shape index (κ1) is 18.5. The molecule has 2 amide bonds. The molecule has 1 rings (SSSR count).